The van der Waals surface area contributed by atoms with E-state index in [0.717, 1.165) is 0 Å². The number of anilines is 1. The molecule has 0 spiro atoms. The first-order chi connectivity index (χ1) is 9.99. The van der Waals surface area contributed by atoms with Crippen LogP contribution in [-0.2, 0) is 9.53 Å². The summed E-state index contributed by atoms with van der Waals surface area (Å²) in [5.41, 5.74) is 6.45. The third-order valence-electron chi connectivity index (χ3n) is 2.82. The van der Waals surface area contributed by atoms with Crippen molar-refractivity contribution >= 4 is 17.5 Å². The van der Waals surface area contributed by atoms with Gasteiger partial charge in [-0.25, -0.2) is 0 Å². The largest absolute Gasteiger partial charge is 0.496 e. The molecule has 1 unspecified atom stereocenters. The molecule has 0 fully saturated rings. The molecule has 0 aliphatic heterocycles. The Labute approximate surface area is 123 Å². The van der Waals surface area contributed by atoms with Crippen molar-refractivity contribution in [2.45, 2.75) is 13.0 Å². The van der Waals surface area contributed by atoms with Gasteiger partial charge in [0.2, 0.25) is 5.91 Å². The first-order valence-electron chi connectivity index (χ1n) is 6.50. The van der Waals surface area contributed by atoms with E-state index in [2.05, 4.69) is 10.6 Å². The number of benzene rings is 1. The average molecular weight is 295 g/mol. The quantitative estimate of drug-likeness (QED) is 0.491. The Morgan fingerprint density at radius 2 is 2.05 bits per heavy atom. The summed E-state index contributed by atoms with van der Waals surface area (Å²) in [6.07, 6.45) is 0. The van der Waals surface area contributed by atoms with Crippen LogP contribution in [0.3, 0.4) is 0 Å². The van der Waals surface area contributed by atoms with Gasteiger partial charge in [0.1, 0.15) is 11.8 Å². The van der Waals surface area contributed by atoms with Crippen LogP contribution in [0, 0.1) is 0 Å². The summed E-state index contributed by atoms with van der Waals surface area (Å²) in [6.45, 7) is 2.41. The molecule has 0 aromatic heterocycles. The number of nitrogens with two attached hydrogens (primary N) is 1. The molecule has 7 heteroatoms. The van der Waals surface area contributed by atoms with Crippen molar-refractivity contribution < 1.29 is 19.1 Å². The highest BCUT2D eigenvalue weighted by molar-refractivity contribution is 5.99. The fraction of sp³-hybridized carbons (Fsp3) is 0.429. The van der Waals surface area contributed by atoms with Crippen molar-refractivity contribution in [1.82, 2.24) is 10.6 Å². The topological polar surface area (TPSA) is 103 Å². The molecule has 116 valence electrons. The van der Waals surface area contributed by atoms with Crippen molar-refractivity contribution in [2.24, 2.45) is 0 Å². The van der Waals surface area contributed by atoms with E-state index >= 15 is 0 Å². The normalized spacial score (nSPS) is 11.6. The minimum atomic E-state index is -0.670. The SMILES string of the molecule is COCCNC(=O)C(C)NC(=O)c1ccc(N)cc1OC. The summed E-state index contributed by atoms with van der Waals surface area (Å²) in [7, 11) is 3.00. The van der Waals surface area contributed by atoms with Crippen molar-refractivity contribution in [3.05, 3.63) is 23.8 Å². The molecule has 7 nitrogen and oxygen atoms in total. The van der Waals surface area contributed by atoms with Crippen molar-refractivity contribution in [3.8, 4) is 5.75 Å². The molecule has 0 saturated heterocycles. The Balaban J connectivity index is 2.66. The monoisotopic (exact) mass is 295 g/mol. The molecule has 0 bridgehead atoms. The fourth-order valence-corrected chi connectivity index (χ4v) is 1.66. The second kappa shape index (κ2) is 8.11. The number of amides is 2. The number of hydrogen-bond acceptors (Lipinski definition) is 5. The number of carbonyl (C=O) groups excluding carboxylic acids is 2. The summed E-state index contributed by atoms with van der Waals surface area (Å²) in [5, 5.41) is 5.25. The van der Waals surface area contributed by atoms with Gasteiger partial charge >= 0.3 is 0 Å². The Bertz CT molecular complexity index is 505. The second-order valence-electron chi connectivity index (χ2n) is 4.44. The molecule has 0 heterocycles. The molecular formula is C14H21N3O4. The van der Waals surface area contributed by atoms with Crippen LogP contribution >= 0.6 is 0 Å². The van der Waals surface area contributed by atoms with E-state index in [-0.39, 0.29) is 5.91 Å². The maximum absolute atomic E-state index is 12.1. The molecule has 0 saturated carbocycles. The molecule has 21 heavy (non-hydrogen) atoms. The number of rotatable bonds is 7. The molecule has 4 N–H and O–H groups in total. The lowest BCUT2D eigenvalue weighted by Crippen LogP contribution is -2.45. The van der Waals surface area contributed by atoms with Gasteiger partial charge in [-0.15, -0.1) is 0 Å². The number of nitrogen functional groups attached to an aromatic ring is 1. The summed E-state index contributed by atoms with van der Waals surface area (Å²) in [6, 6.07) is 4.04. The molecule has 2 amide bonds. The maximum atomic E-state index is 12.1. The van der Waals surface area contributed by atoms with Crippen LogP contribution in [0.15, 0.2) is 18.2 Å². The predicted molar refractivity (Wildman–Crippen MR) is 79.2 cm³/mol. The number of methoxy groups -OCH3 is 2. The van der Waals surface area contributed by atoms with Crippen LogP contribution in [0.5, 0.6) is 5.75 Å². The van der Waals surface area contributed by atoms with E-state index in [4.69, 9.17) is 15.2 Å². The maximum Gasteiger partial charge on any atom is 0.255 e. The zero-order valence-electron chi connectivity index (χ0n) is 12.4. The number of nitrogens with one attached hydrogen (secondary N) is 2. The van der Waals surface area contributed by atoms with Gasteiger partial charge in [0.05, 0.1) is 19.3 Å². The van der Waals surface area contributed by atoms with Gasteiger partial charge < -0.3 is 25.8 Å². The first-order valence-corrected chi connectivity index (χ1v) is 6.50. The summed E-state index contributed by atoms with van der Waals surface area (Å²) < 4.78 is 9.94. The minimum absolute atomic E-state index is 0.283. The zero-order valence-corrected chi connectivity index (χ0v) is 12.4. The lowest BCUT2D eigenvalue weighted by Gasteiger charge is -2.15. The van der Waals surface area contributed by atoms with Crippen molar-refractivity contribution in [3.63, 3.8) is 0 Å². The van der Waals surface area contributed by atoms with Gasteiger partial charge in [-0.3, -0.25) is 9.59 Å². The minimum Gasteiger partial charge on any atom is -0.496 e. The highest BCUT2D eigenvalue weighted by atomic mass is 16.5. The van der Waals surface area contributed by atoms with Crippen molar-refractivity contribution in [2.75, 3.05) is 33.1 Å². The van der Waals surface area contributed by atoms with E-state index in [1.54, 1.807) is 32.2 Å². The van der Waals surface area contributed by atoms with E-state index in [1.165, 1.54) is 7.11 Å². The van der Waals surface area contributed by atoms with Gasteiger partial charge in [0.15, 0.2) is 0 Å². The number of ether oxygens (including phenoxy) is 2. The van der Waals surface area contributed by atoms with Crippen LogP contribution in [0.25, 0.3) is 0 Å². The van der Waals surface area contributed by atoms with E-state index in [9.17, 15) is 9.59 Å². The lowest BCUT2D eigenvalue weighted by molar-refractivity contribution is -0.122. The highest BCUT2D eigenvalue weighted by Crippen LogP contribution is 2.21. The zero-order chi connectivity index (χ0) is 15.8. The molecule has 1 rings (SSSR count). The van der Waals surface area contributed by atoms with Gasteiger partial charge in [-0.2, -0.15) is 0 Å². The van der Waals surface area contributed by atoms with Crippen LogP contribution in [-0.4, -0.2) is 45.2 Å². The van der Waals surface area contributed by atoms with E-state index in [1.807, 2.05) is 0 Å². The third kappa shape index (κ3) is 4.96. The Morgan fingerprint density at radius 1 is 1.33 bits per heavy atom. The fourth-order valence-electron chi connectivity index (χ4n) is 1.66. The van der Waals surface area contributed by atoms with Crippen LogP contribution in [0.2, 0.25) is 0 Å². The Morgan fingerprint density at radius 3 is 2.67 bits per heavy atom. The Hall–Kier alpha value is -2.28. The molecular weight excluding hydrogens is 274 g/mol. The van der Waals surface area contributed by atoms with Gasteiger partial charge in [-0.05, 0) is 19.1 Å². The van der Waals surface area contributed by atoms with Crippen LogP contribution < -0.4 is 21.1 Å². The second-order valence-corrected chi connectivity index (χ2v) is 4.44. The number of hydrogen-bond donors (Lipinski definition) is 3. The molecule has 1 atom stereocenters. The number of carbonyl (C=O) groups is 2. The lowest BCUT2D eigenvalue weighted by atomic mass is 10.1. The Kier molecular flexibility index (Phi) is 6.48. The van der Waals surface area contributed by atoms with Gasteiger partial charge in [-0.1, -0.05) is 0 Å². The van der Waals surface area contributed by atoms with Crippen LogP contribution in [0.4, 0.5) is 5.69 Å². The molecule has 0 aliphatic rings. The van der Waals surface area contributed by atoms with E-state index in [0.29, 0.717) is 30.2 Å². The standard InChI is InChI=1S/C14H21N3O4/c1-9(13(18)16-6-7-20-2)17-14(19)11-5-4-10(15)8-12(11)21-3/h4-5,8-9H,6-7,15H2,1-3H3,(H,16,18)(H,17,19). The smallest absolute Gasteiger partial charge is 0.255 e. The third-order valence-corrected chi connectivity index (χ3v) is 2.82. The molecule has 1 aromatic carbocycles. The molecule has 1 aromatic rings. The van der Waals surface area contributed by atoms with Gasteiger partial charge in [0.25, 0.3) is 5.91 Å². The summed E-state index contributed by atoms with van der Waals surface area (Å²) >= 11 is 0. The van der Waals surface area contributed by atoms with Gasteiger partial charge in [0, 0.05) is 25.4 Å². The molecule has 0 radical (unpaired) electrons. The van der Waals surface area contributed by atoms with Crippen molar-refractivity contribution in [1.29, 1.82) is 0 Å². The predicted octanol–water partition coefficient (Wildman–Crippen LogP) is 0.158. The van der Waals surface area contributed by atoms with Crippen LogP contribution in [0.1, 0.15) is 17.3 Å². The first kappa shape index (κ1) is 16.8. The van der Waals surface area contributed by atoms with E-state index < -0.39 is 11.9 Å². The highest BCUT2D eigenvalue weighted by Gasteiger charge is 2.18. The average Bonchev–Trinajstić information content (AvgIpc) is 2.46. The molecule has 0 aliphatic carbocycles. The summed E-state index contributed by atoms with van der Waals surface area (Å²) in [5.74, 6) is -0.324. The summed E-state index contributed by atoms with van der Waals surface area (Å²) in [4.78, 5) is 23.9.